The minimum Gasteiger partial charge on any atom is -0.755 e. The summed E-state index contributed by atoms with van der Waals surface area (Å²) >= 11 is -2.58. The zero-order valence-electron chi connectivity index (χ0n) is 31.9. The molecule has 4 N–H and O–H groups in total. The van der Waals surface area contributed by atoms with Gasteiger partial charge in [0, 0.05) is 65.2 Å². The predicted molar refractivity (Wildman–Crippen MR) is 213 cm³/mol. The summed E-state index contributed by atoms with van der Waals surface area (Å²) in [6, 6.07) is 20.4. The molecule has 0 bridgehead atoms. The van der Waals surface area contributed by atoms with Crippen LogP contribution in [-0.4, -0.2) is 76.4 Å². The highest BCUT2D eigenvalue weighted by Gasteiger charge is 2.23. The van der Waals surface area contributed by atoms with Gasteiger partial charge in [-0.05, 0) is 42.2 Å². The fraction of sp³-hybridized carbons (Fsp3) is 0.282. The third-order valence-electron chi connectivity index (χ3n) is 8.37. The number of amides is 2. The molecular weight excluding hydrogens is 745 g/mol. The number of benzene rings is 4. The molecule has 2 atom stereocenters. The number of aliphatic carboxylic acids is 1. The van der Waals surface area contributed by atoms with E-state index in [-0.39, 0.29) is 47.6 Å². The number of nitrogens with one attached hydrogen (secondary N) is 3. The molecule has 2 unspecified atom stereocenters. The van der Waals surface area contributed by atoms with Crippen LogP contribution in [0.25, 0.3) is 10.8 Å². The third kappa shape index (κ3) is 10.3. The van der Waals surface area contributed by atoms with Gasteiger partial charge in [0.25, 0.3) is 0 Å². The second kappa shape index (κ2) is 18.0. The smallest absolute Gasteiger partial charge is 0.332 e. The van der Waals surface area contributed by atoms with E-state index in [0.29, 0.717) is 39.4 Å². The van der Waals surface area contributed by atoms with Gasteiger partial charge in [-0.2, -0.15) is 4.98 Å². The maximum atomic E-state index is 13.5. The Morgan fingerprint density at radius 3 is 2.32 bits per heavy atom. The Balaban J connectivity index is 1.33. The summed E-state index contributed by atoms with van der Waals surface area (Å²) in [4.78, 5) is 33.3. The molecule has 1 aromatic heterocycles. The summed E-state index contributed by atoms with van der Waals surface area (Å²) in [6.07, 6.45) is 0.580. The van der Waals surface area contributed by atoms with Crippen LogP contribution in [0.5, 0.6) is 28.9 Å². The quantitative estimate of drug-likeness (QED) is 0.0576. The first-order chi connectivity index (χ1) is 26.7. The van der Waals surface area contributed by atoms with Crippen molar-refractivity contribution < 1.29 is 47.1 Å². The van der Waals surface area contributed by atoms with Gasteiger partial charge >= 0.3 is 12.0 Å². The van der Waals surface area contributed by atoms with E-state index in [9.17, 15) is 18.4 Å². The first-order valence-electron chi connectivity index (χ1n) is 17.3. The van der Waals surface area contributed by atoms with Gasteiger partial charge in [0.1, 0.15) is 23.9 Å². The van der Waals surface area contributed by atoms with Crippen LogP contribution in [0.1, 0.15) is 33.3 Å². The molecular formula is C39H43N6O10S-. The maximum absolute atomic E-state index is 13.5. The highest BCUT2D eigenvalue weighted by Crippen LogP contribution is 2.41. The molecule has 17 heteroatoms. The molecule has 56 heavy (non-hydrogen) atoms. The average molecular weight is 788 g/mol. The first-order valence-corrected chi connectivity index (χ1v) is 18.3. The Bertz CT molecular complexity index is 2230. The second-order valence-electron chi connectivity index (χ2n) is 13.3. The van der Waals surface area contributed by atoms with Crippen LogP contribution in [0.15, 0.2) is 79.0 Å². The molecule has 0 saturated carbocycles. The molecule has 4 aromatic carbocycles. The number of aromatic nitrogens is 2. The van der Waals surface area contributed by atoms with Crippen LogP contribution in [-0.2, 0) is 26.2 Å². The Kier molecular flexibility index (Phi) is 13.2. The van der Waals surface area contributed by atoms with Crippen molar-refractivity contribution in [2.24, 2.45) is 0 Å². The van der Waals surface area contributed by atoms with Crippen molar-refractivity contribution in [2.75, 3.05) is 54.7 Å². The molecule has 16 nitrogen and oxygen atoms in total. The van der Waals surface area contributed by atoms with Crippen molar-refractivity contribution >= 4 is 62.7 Å². The second-order valence-corrected chi connectivity index (χ2v) is 14.3. The van der Waals surface area contributed by atoms with E-state index in [1.165, 1.54) is 34.4 Å². The summed E-state index contributed by atoms with van der Waals surface area (Å²) in [6.45, 7) is 7.56. The number of carbonyl (C=O) groups excluding carboxylic acids is 1. The lowest BCUT2D eigenvalue weighted by Gasteiger charge is -2.28. The minimum absolute atomic E-state index is 0.0737. The number of ether oxygens (including phenoxy) is 5. The number of methoxy groups -OCH3 is 2. The molecule has 5 rings (SSSR count). The number of carboxylic acids is 1. The van der Waals surface area contributed by atoms with Gasteiger partial charge in [-0.1, -0.05) is 45.0 Å². The Morgan fingerprint density at radius 2 is 1.64 bits per heavy atom. The predicted octanol–water partition coefficient (Wildman–Crippen LogP) is 7.22. The molecule has 0 saturated heterocycles. The SMILES string of the molecule is COc1cc(Nc2nccc(Oc3ccc(NC(=O)Nc4cc(C(C)(C)C)cc(N(C)S(=O)[O-])c4OC)c4ccccc34)n2)cc(OCCOC(C)C(=O)O)c1. The molecule has 2 amide bonds. The van der Waals surface area contributed by atoms with Crippen molar-refractivity contribution in [2.45, 2.75) is 39.2 Å². The molecule has 0 aliphatic carbocycles. The highest BCUT2D eigenvalue weighted by atomic mass is 32.2. The van der Waals surface area contributed by atoms with Crippen LogP contribution in [0.3, 0.4) is 0 Å². The molecule has 0 radical (unpaired) electrons. The number of hydrogen-bond donors (Lipinski definition) is 4. The normalized spacial score (nSPS) is 12.3. The topological polar surface area (TPSA) is 206 Å². The lowest BCUT2D eigenvalue weighted by atomic mass is 9.86. The van der Waals surface area contributed by atoms with Crippen LogP contribution in [0, 0.1) is 0 Å². The van der Waals surface area contributed by atoms with E-state index in [0.717, 1.165) is 9.87 Å². The molecule has 0 aliphatic heterocycles. The summed E-state index contributed by atoms with van der Waals surface area (Å²) in [5, 5.41) is 19.2. The molecule has 0 aliphatic rings. The third-order valence-corrected chi connectivity index (χ3v) is 9.01. The molecule has 5 aromatic rings. The van der Waals surface area contributed by atoms with E-state index in [4.69, 9.17) is 28.8 Å². The zero-order chi connectivity index (χ0) is 40.6. The number of carbonyl (C=O) groups is 2. The Hall–Kier alpha value is -6.17. The number of fused-ring (bicyclic) bond motifs is 1. The van der Waals surface area contributed by atoms with E-state index in [1.807, 2.05) is 45.0 Å². The number of urea groups is 1. The van der Waals surface area contributed by atoms with Crippen molar-refractivity contribution in [1.82, 2.24) is 9.97 Å². The monoisotopic (exact) mass is 787 g/mol. The highest BCUT2D eigenvalue weighted by molar-refractivity contribution is 7.80. The maximum Gasteiger partial charge on any atom is 0.332 e. The summed E-state index contributed by atoms with van der Waals surface area (Å²) < 4.78 is 53.0. The first kappa shape index (κ1) is 41.0. The largest absolute Gasteiger partial charge is 0.755 e. The van der Waals surface area contributed by atoms with Crippen molar-refractivity contribution in [3.63, 3.8) is 0 Å². The number of anilines is 5. The molecule has 0 spiro atoms. The fourth-order valence-corrected chi connectivity index (χ4v) is 5.71. The van der Waals surface area contributed by atoms with E-state index >= 15 is 0 Å². The molecule has 1 heterocycles. The number of carboxylic acid groups (broad SMARTS) is 1. The lowest BCUT2D eigenvalue weighted by Crippen LogP contribution is -2.24. The molecule has 0 fully saturated rings. The van der Waals surface area contributed by atoms with Crippen molar-refractivity contribution in [3.05, 3.63) is 84.6 Å². The average Bonchev–Trinajstić information content (AvgIpc) is 3.16. The Morgan fingerprint density at radius 1 is 0.929 bits per heavy atom. The van der Waals surface area contributed by atoms with E-state index in [1.54, 1.807) is 48.5 Å². The Labute approximate surface area is 326 Å². The summed E-state index contributed by atoms with van der Waals surface area (Å²) in [7, 11) is 4.32. The van der Waals surface area contributed by atoms with E-state index in [2.05, 4.69) is 25.9 Å². The van der Waals surface area contributed by atoms with Gasteiger partial charge < -0.3 is 53.6 Å². The minimum atomic E-state index is -2.58. The number of nitrogens with zero attached hydrogens (tertiary/aromatic N) is 3. The number of rotatable bonds is 16. The summed E-state index contributed by atoms with van der Waals surface area (Å²) in [5.74, 6) is 0.995. The van der Waals surface area contributed by atoms with Crippen LogP contribution in [0.4, 0.5) is 33.5 Å². The molecule has 296 valence electrons. The van der Waals surface area contributed by atoms with Gasteiger partial charge in [-0.3, -0.25) is 4.21 Å². The van der Waals surface area contributed by atoms with Crippen LogP contribution < -0.4 is 39.2 Å². The summed E-state index contributed by atoms with van der Waals surface area (Å²) in [5.41, 5.74) is 2.01. The van der Waals surface area contributed by atoms with E-state index < -0.39 is 29.4 Å². The van der Waals surface area contributed by atoms with Crippen molar-refractivity contribution in [3.8, 4) is 28.9 Å². The standard InChI is InChI=1S/C39H44N6O10S/c1-23(36(46)47)53-16-17-54-27-21-25(20-26(22-27)51-6)41-37-40-15-14-34(44-37)55-33-13-12-30(28-10-8-9-11-29(28)33)42-38(48)43-31-18-24(39(2,3)4)19-32(35(31)52-7)45(5)56(49)50/h8-15,18-23H,16-17H2,1-7H3,(H,46,47)(H,49,50)(H,40,41,44)(H2,42,43,48)/p-1. The van der Waals surface area contributed by atoms with Crippen molar-refractivity contribution in [1.29, 1.82) is 0 Å². The zero-order valence-corrected chi connectivity index (χ0v) is 32.7. The van der Waals surface area contributed by atoms with Gasteiger partial charge in [0.05, 0.1) is 37.9 Å². The lowest BCUT2D eigenvalue weighted by molar-refractivity contribution is -0.149. The van der Waals surface area contributed by atoms with Gasteiger partial charge in [0.15, 0.2) is 11.9 Å². The number of hydrogen-bond acceptors (Lipinski definition) is 12. The van der Waals surface area contributed by atoms with Crippen LogP contribution in [0.2, 0.25) is 0 Å². The van der Waals surface area contributed by atoms with Gasteiger partial charge in [-0.15, -0.1) is 0 Å². The van der Waals surface area contributed by atoms with Gasteiger partial charge in [0.2, 0.25) is 11.8 Å². The fourth-order valence-electron chi connectivity index (χ4n) is 5.42. The van der Waals surface area contributed by atoms with Crippen LogP contribution >= 0.6 is 0 Å². The van der Waals surface area contributed by atoms with Gasteiger partial charge in [-0.25, -0.2) is 14.6 Å².